The molecule has 0 aliphatic heterocycles. The summed E-state index contributed by atoms with van der Waals surface area (Å²) in [5.74, 6) is 0.881. The standard InChI is InChI=1S/C10H15BrN2O/c1-12-7-13(2)9-6-8(11)4-5-10(9)14-3/h4-6,12H,7H2,1-3H3. The van der Waals surface area contributed by atoms with E-state index in [4.69, 9.17) is 4.74 Å². The van der Waals surface area contributed by atoms with Gasteiger partial charge in [0.2, 0.25) is 0 Å². The van der Waals surface area contributed by atoms with E-state index in [1.807, 2.05) is 32.3 Å². The summed E-state index contributed by atoms with van der Waals surface area (Å²) in [6.07, 6.45) is 0. The summed E-state index contributed by atoms with van der Waals surface area (Å²) in [6, 6.07) is 5.96. The van der Waals surface area contributed by atoms with Crippen LogP contribution in [0.2, 0.25) is 0 Å². The third-order valence-corrected chi connectivity index (χ3v) is 2.44. The molecule has 1 aromatic rings. The van der Waals surface area contributed by atoms with Crippen molar-refractivity contribution in [3.05, 3.63) is 22.7 Å². The molecule has 0 aliphatic carbocycles. The molecule has 0 aromatic heterocycles. The van der Waals surface area contributed by atoms with Crippen LogP contribution in [0.1, 0.15) is 0 Å². The smallest absolute Gasteiger partial charge is 0.142 e. The van der Waals surface area contributed by atoms with Gasteiger partial charge in [-0.15, -0.1) is 0 Å². The van der Waals surface area contributed by atoms with Gasteiger partial charge in [-0.25, -0.2) is 0 Å². The van der Waals surface area contributed by atoms with Crippen LogP contribution in [0.25, 0.3) is 0 Å². The summed E-state index contributed by atoms with van der Waals surface area (Å²) in [6.45, 7) is 0.785. The summed E-state index contributed by atoms with van der Waals surface area (Å²) >= 11 is 3.44. The lowest BCUT2D eigenvalue weighted by Gasteiger charge is -2.21. The maximum atomic E-state index is 5.28. The van der Waals surface area contributed by atoms with E-state index in [-0.39, 0.29) is 0 Å². The average molecular weight is 259 g/mol. The molecule has 78 valence electrons. The Morgan fingerprint density at radius 2 is 2.21 bits per heavy atom. The molecule has 0 aliphatic rings. The number of hydrogen-bond donors (Lipinski definition) is 1. The van der Waals surface area contributed by atoms with Gasteiger partial charge >= 0.3 is 0 Å². The van der Waals surface area contributed by atoms with Gasteiger partial charge in [0, 0.05) is 11.5 Å². The molecule has 1 N–H and O–H groups in total. The zero-order chi connectivity index (χ0) is 10.6. The fraction of sp³-hybridized carbons (Fsp3) is 0.400. The highest BCUT2D eigenvalue weighted by atomic mass is 79.9. The third kappa shape index (κ3) is 2.62. The van der Waals surface area contributed by atoms with Crippen LogP contribution in [0, 0.1) is 0 Å². The zero-order valence-electron chi connectivity index (χ0n) is 8.67. The second-order valence-electron chi connectivity index (χ2n) is 3.03. The van der Waals surface area contributed by atoms with Gasteiger partial charge in [0.15, 0.2) is 0 Å². The van der Waals surface area contributed by atoms with Crippen molar-refractivity contribution >= 4 is 21.6 Å². The van der Waals surface area contributed by atoms with E-state index in [9.17, 15) is 0 Å². The molecule has 0 radical (unpaired) electrons. The number of nitrogens with one attached hydrogen (secondary N) is 1. The lowest BCUT2D eigenvalue weighted by atomic mass is 10.3. The predicted octanol–water partition coefficient (Wildman–Crippen LogP) is 2.07. The fourth-order valence-electron chi connectivity index (χ4n) is 1.28. The first kappa shape index (κ1) is 11.3. The van der Waals surface area contributed by atoms with E-state index in [0.29, 0.717) is 0 Å². The number of nitrogens with zero attached hydrogens (tertiary/aromatic N) is 1. The van der Waals surface area contributed by atoms with E-state index >= 15 is 0 Å². The minimum Gasteiger partial charge on any atom is -0.495 e. The number of rotatable bonds is 4. The number of benzene rings is 1. The number of methoxy groups -OCH3 is 1. The Morgan fingerprint density at radius 3 is 2.79 bits per heavy atom. The maximum absolute atomic E-state index is 5.28. The predicted molar refractivity (Wildman–Crippen MR) is 63.0 cm³/mol. The first-order valence-electron chi connectivity index (χ1n) is 4.38. The van der Waals surface area contributed by atoms with Crippen molar-refractivity contribution in [1.82, 2.24) is 5.32 Å². The van der Waals surface area contributed by atoms with Crippen LogP contribution in [0.4, 0.5) is 5.69 Å². The molecule has 0 atom stereocenters. The zero-order valence-corrected chi connectivity index (χ0v) is 10.3. The van der Waals surface area contributed by atoms with Crippen molar-refractivity contribution in [1.29, 1.82) is 0 Å². The second-order valence-corrected chi connectivity index (χ2v) is 3.94. The first-order chi connectivity index (χ1) is 6.69. The molecule has 0 fully saturated rings. The Bertz CT molecular complexity index is 304. The van der Waals surface area contributed by atoms with E-state index in [0.717, 1.165) is 22.6 Å². The summed E-state index contributed by atoms with van der Waals surface area (Å²) in [5, 5.41) is 3.09. The van der Waals surface area contributed by atoms with Crippen molar-refractivity contribution < 1.29 is 4.74 Å². The largest absolute Gasteiger partial charge is 0.495 e. The molecule has 0 unspecified atom stereocenters. The molecule has 0 amide bonds. The molecule has 1 aromatic carbocycles. The molecule has 14 heavy (non-hydrogen) atoms. The van der Waals surface area contributed by atoms with Crippen LogP contribution in [0.5, 0.6) is 5.75 Å². The van der Waals surface area contributed by atoms with Crippen molar-refractivity contribution in [3.8, 4) is 5.75 Å². The number of hydrogen-bond acceptors (Lipinski definition) is 3. The van der Waals surface area contributed by atoms with Gasteiger partial charge in [-0.05, 0) is 25.2 Å². The van der Waals surface area contributed by atoms with Crippen LogP contribution < -0.4 is 15.0 Å². The summed E-state index contributed by atoms with van der Waals surface area (Å²) in [7, 11) is 5.61. The maximum Gasteiger partial charge on any atom is 0.142 e. The van der Waals surface area contributed by atoms with Gasteiger partial charge in [0.05, 0.1) is 19.5 Å². The molecule has 0 spiro atoms. The highest BCUT2D eigenvalue weighted by Gasteiger charge is 2.07. The average Bonchev–Trinajstić information content (AvgIpc) is 2.18. The lowest BCUT2D eigenvalue weighted by molar-refractivity contribution is 0.414. The molecular formula is C10H15BrN2O. The monoisotopic (exact) mass is 258 g/mol. The van der Waals surface area contributed by atoms with E-state index < -0.39 is 0 Å². The molecule has 1 rings (SSSR count). The molecule has 4 heteroatoms. The van der Waals surface area contributed by atoms with E-state index in [2.05, 4.69) is 26.1 Å². The highest BCUT2D eigenvalue weighted by Crippen LogP contribution is 2.30. The number of halogens is 1. The Morgan fingerprint density at radius 1 is 1.50 bits per heavy atom. The van der Waals surface area contributed by atoms with Crippen LogP contribution in [0.3, 0.4) is 0 Å². The quantitative estimate of drug-likeness (QED) is 0.838. The summed E-state index contributed by atoms with van der Waals surface area (Å²) in [5.41, 5.74) is 1.07. The van der Waals surface area contributed by atoms with Gasteiger partial charge in [0.1, 0.15) is 5.75 Å². The van der Waals surface area contributed by atoms with E-state index in [1.165, 1.54) is 0 Å². The Balaban J connectivity index is 2.97. The minimum atomic E-state index is 0.785. The molecular weight excluding hydrogens is 244 g/mol. The van der Waals surface area contributed by atoms with Crippen molar-refractivity contribution in [2.24, 2.45) is 0 Å². The minimum absolute atomic E-state index is 0.785. The summed E-state index contributed by atoms with van der Waals surface area (Å²) in [4.78, 5) is 2.09. The van der Waals surface area contributed by atoms with Gasteiger partial charge in [-0.1, -0.05) is 15.9 Å². The van der Waals surface area contributed by atoms with Crippen molar-refractivity contribution in [3.63, 3.8) is 0 Å². The third-order valence-electron chi connectivity index (χ3n) is 1.95. The Hall–Kier alpha value is -0.740. The number of anilines is 1. The van der Waals surface area contributed by atoms with Gasteiger partial charge in [0.25, 0.3) is 0 Å². The van der Waals surface area contributed by atoms with E-state index in [1.54, 1.807) is 7.11 Å². The van der Waals surface area contributed by atoms with Crippen LogP contribution in [0.15, 0.2) is 22.7 Å². The van der Waals surface area contributed by atoms with Crippen molar-refractivity contribution in [2.75, 3.05) is 32.8 Å². The SMILES string of the molecule is CNCN(C)c1cc(Br)ccc1OC. The topological polar surface area (TPSA) is 24.5 Å². The molecule has 0 heterocycles. The van der Waals surface area contributed by atoms with Gasteiger partial charge < -0.3 is 15.0 Å². The molecule has 0 saturated carbocycles. The van der Waals surface area contributed by atoms with Gasteiger partial charge in [-0.2, -0.15) is 0 Å². The highest BCUT2D eigenvalue weighted by molar-refractivity contribution is 9.10. The first-order valence-corrected chi connectivity index (χ1v) is 5.17. The summed E-state index contributed by atoms with van der Waals surface area (Å²) < 4.78 is 6.33. The Labute approximate surface area is 93.2 Å². The van der Waals surface area contributed by atoms with Gasteiger partial charge in [-0.3, -0.25) is 0 Å². The van der Waals surface area contributed by atoms with Crippen LogP contribution >= 0.6 is 15.9 Å². The van der Waals surface area contributed by atoms with Crippen molar-refractivity contribution in [2.45, 2.75) is 0 Å². The molecule has 0 saturated heterocycles. The second kappa shape index (κ2) is 5.22. The molecule has 0 bridgehead atoms. The van der Waals surface area contributed by atoms with Crippen LogP contribution in [-0.2, 0) is 0 Å². The normalized spacial score (nSPS) is 10.0. The molecule has 3 nitrogen and oxygen atoms in total. The van der Waals surface area contributed by atoms with Crippen LogP contribution in [-0.4, -0.2) is 27.9 Å². The number of ether oxygens (including phenoxy) is 1. The Kier molecular flexibility index (Phi) is 4.22. The fourth-order valence-corrected chi connectivity index (χ4v) is 1.63. The lowest BCUT2D eigenvalue weighted by Crippen LogP contribution is -2.28.